The maximum atomic E-state index is 4.94. The van der Waals surface area contributed by atoms with Gasteiger partial charge in [0.1, 0.15) is 8.07 Å². The number of ether oxygens (including phenoxy) is 1. The lowest BCUT2D eigenvalue weighted by Gasteiger charge is -2.37. The van der Waals surface area contributed by atoms with E-state index in [-0.39, 0.29) is 0 Å². The normalized spacial score (nSPS) is 29.1. The predicted molar refractivity (Wildman–Crippen MR) is 92.1 cm³/mol. The summed E-state index contributed by atoms with van der Waals surface area (Å²) in [4.78, 5) is 0. The fraction of sp³-hybridized carbons (Fsp3) is 0.882. The lowest BCUT2D eigenvalue weighted by Crippen LogP contribution is -2.34. The zero-order valence-electron chi connectivity index (χ0n) is 13.7. The Kier molecular flexibility index (Phi) is 6.24. The van der Waals surface area contributed by atoms with Crippen molar-refractivity contribution in [3.63, 3.8) is 0 Å². The molecular formula is C17H31BOSi. The molecule has 20 heavy (non-hydrogen) atoms. The third kappa shape index (κ3) is 5.30. The monoisotopic (exact) mass is 290 g/mol. The van der Waals surface area contributed by atoms with E-state index >= 15 is 0 Å². The van der Waals surface area contributed by atoms with Gasteiger partial charge in [-0.1, -0.05) is 58.2 Å². The molecule has 0 radical (unpaired) electrons. The van der Waals surface area contributed by atoms with Crippen molar-refractivity contribution in [2.24, 2.45) is 0 Å². The Morgan fingerprint density at radius 3 is 1.70 bits per heavy atom. The van der Waals surface area contributed by atoms with Crippen molar-refractivity contribution in [2.45, 2.75) is 82.6 Å². The molecule has 2 bridgehead atoms. The molecule has 3 rings (SSSR count). The van der Waals surface area contributed by atoms with Gasteiger partial charge in [-0.05, 0) is 24.5 Å². The van der Waals surface area contributed by atoms with Crippen LogP contribution >= 0.6 is 0 Å². The standard InChI is InChI=1S/C13H23BSi.C4H8O/c1-15(2,3)11-10-14-12-6-4-7-13(14)9-5-8-12;1-2-4-5-3-1/h12-13H,4-9H2,1-3H3;1-4H2. The fourth-order valence-electron chi connectivity index (χ4n) is 3.72. The van der Waals surface area contributed by atoms with Gasteiger partial charge in [0, 0.05) is 13.2 Å². The van der Waals surface area contributed by atoms with Crippen LogP contribution in [0.2, 0.25) is 31.3 Å². The van der Waals surface area contributed by atoms with E-state index in [0.29, 0.717) is 0 Å². The van der Waals surface area contributed by atoms with Crippen LogP contribution in [0.15, 0.2) is 0 Å². The van der Waals surface area contributed by atoms with E-state index in [1.165, 1.54) is 51.4 Å². The van der Waals surface area contributed by atoms with Crippen LogP contribution in [0, 0.1) is 11.4 Å². The molecule has 0 aromatic heterocycles. The SMILES string of the molecule is C1CCOC1.C[Si](C)(C)C#CB1C2CCCC1CCC2. The van der Waals surface area contributed by atoms with E-state index < -0.39 is 8.07 Å². The molecule has 0 aromatic rings. The lowest BCUT2D eigenvalue weighted by molar-refractivity contribution is 0.198. The topological polar surface area (TPSA) is 9.23 Å². The second kappa shape index (κ2) is 7.71. The average Bonchev–Trinajstić information content (AvgIpc) is 2.93. The molecule has 1 nitrogen and oxygen atoms in total. The molecule has 112 valence electrons. The summed E-state index contributed by atoms with van der Waals surface area (Å²) in [5.74, 6) is 5.59. The molecule has 0 amide bonds. The summed E-state index contributed by atoms with van der Waals surface area (Å²) in [7, 11) is -1.15. The minimum atomic E-state index is -1.15. The van der Waals surface area contributed by atoms with Crippen LogP contribution in [0.4, 0.5) is 0 Å². The van der Waals surface area contributed by atoms with Gasteiger partial charge in [0.25, 0.3) is 0 Å². The van der Waals surface area contributed by atoms with E-state index in [1.807, 2.05) is 0 Å². The van der Waals surface area contributed by atoms with Crippen molar-refractivity contribution in [3.8, 4) is 11.4 Å². The smallest absolute Gasteiger partial charge is 0.236 e. The van der Waals surface area contributed by atoms with Gasteiger partial charge in [-0.15, -0.1) is 5.54 Å². The third-order valence-corrected chi connectivity index (χ3v) is 5.65. The van der Waals surface area contributed by atoms with E-state index in [4.69, 9.17) is 4.74 Å². The van der Waals surface area contributed by atoms with Gasteiger partial charge in [-0.25, -0.2) is 0 Å². The Morgan fingerprint density at radius 2 is 1.35 bits per heavy atom. The molecule has 0 N–H and O–H groups in total. The summed E-state index contributed by atoms with van der Waals surface area (Å²) >= 11 is 0. The zero-order valence-corrected chi connectivity index (χ0v) is 14.7. The van der Waals surface area contributed by atoms with Crippen LogP contribution in [0.25, 0.3) is 0 Å². The highest BCUT2D eigenvalue weighted by molar-refractivity contribution is 6.85. The summed E-state index contributed by atoms with van der Waals surface area (Å²) in [5, 5.41) is 0. The molecule has 0 aromatic carbocycles. The van der Waals surface area contributed by atoms with Gasteiger partial charge in [0.2, 0.25) is 6.71 Å². The minimum Gasteiger partial charge on any atom is -0.381 e. The van der Waals surface area contributed by atoms with Gasteiger partial charge in [-0.3, -0.25) is 0 Å². The summed E-state index contributed by atoms with van der Waals surface area (Å²) in [6.07, 6.45) is 11.3. The molecular weight excluding hydrogens is 259 g/mol. The Bertz CT molecular complexity index is 319. The van der Waals surface area contributed by atoms with Crippen molar-refractivity contribution in [2.75, 3.05) is 13.2 Å². The third-order valence-electron chi connectivity index (χ3n) is 4.76. The second-order valence-electron chi connectivity index (χ2n) is 7.75. The fourth-order valence-corrected chi connectivity index (χ4v) is 4.32. The first kappa shape index (κ1) is 16.2. The van der Waals surface area contributed by atoms with Crippen molar-refractivity contribution >= 4 is 14.8 Å². The van der Waals surface area contributed by atoms with Crippen LogP contribution in [0.1, 0.15) is 51.4 Å². The quantitative estimate of drug-likeness (QED) is 0.459. The molecule has 3 aliphatic rings. The van der Waals surface area contributed by atoms with Gasteiger partial charge in [-0.2, -0.15) is 5.82 Å². The number of rotatable bonds is 0. The Balaban J connectivity index is 0.000000247. The van der Waals surface area contributed by atoms with Gasteiger partial charge in [0.15, 0.2) is 0 Å². The van der Waals surface area contributed by atoms with Crippen molar-refractivity contribution in [1.29, 1.82) is 0 Å². The Labute approximate surface area is 127 Å². The average molecular weight is 290 g/mol. The largest absolute Gasteiger partial charge is 0.381 e. The van der Waals surface area contributed by atoms with Crippen molar-refractivity contribution < 1.29 is 4.74 Å². The van der Waals surface area contributed by atoms with Gasteiger partial charge in [0.05, 0.1) is 0 Å². The first-order valence-corrected chi connectivity index (χ1v) is 12.2. The highest BCUT2D eigenvalue weighted by atomic mass is 28.3. The van der Waals surface area contributed by atoms with Crippen LogP contribution in [0.5, 0.6) is 0 Å². The van der Waals surface area contributed by atoms with E-state index in [9.17, 15) is 0 Å². The molecule has 0 saturated carbocycles. The summed E-state index contributed by atoms with van der Waals surface area (Å²) < 4.78 is 4.94. The van der Waals surface area contributed by atoms with Gasteiger partial charge < -0.3 is 4.74 Å². The maximum Gasteiger partial charge on any atom is 0.236 e. The van der Waals surface area contributed by atoms with Crippen LogP contribution < -0.4 is 0 Å². The molecule has 3 heterocycles. The molecule has 3 heteroatoms. The first-order chi connectivity index (χ1) is 9.56. The highest BCUT2D eigenvalue weighted by Crippen LogP contribution is 2.45. The van der Waals surface area contributed by atoms with E-state index in [1.54, 1.807) is 0 Å². The second-order valence-corrected chi connectivity index (χ2v) is 12.5. The van der Waals surface area contributed by atoms with Crippen molar-refractivity contribution in [3.05, 3.63) is 0 Å². The first-order valence-electron chi connectivity index (χ1n) is 8.67. The molecule has 0 spiro atoms. The molecule has 0 aliphatic carbocycles. The molecule has 3 fully saturated rings. The van der Waals surface area contributed by atoms with E-state index in [0.717, 1.165) is 31.6 Å². The lowest BCUT2D eigenvalue weighted by atomic mass is 9.28. The van der Waals surface area contributed by atoms with Crippen LogP contribution in [-0.4, -0.2) is 28.0 Å². The molecule has 3 saturated heterocycles. The number of hydrogen-bond donors (Lipinski definition) is 0. The summed E-state index contributed by atoms with van der Waals surface area (Å²) in [6, 6.07) is 0. The summed E-state index contributed by atoms with van der Waals surface area (Å²) in [5.41, 5.74) is 3.61. The molecule has 3 aliphatic heterocycles. The molecule has 0 atom stereocenters. The minimum absolute atomic E-state index is 0.777. The number of fused-ring (bicyclic) bond motifs is 2. The zero-order chi connectivity index (χ0) is 14.4. The Hall–Kier alpha value is -0.198. The van der Waals surface area contributed by atoms with Crippen LogP contribution in [0.3, 0.4) is 0 Å². The highest BCUT2D eigenvalue weighted by Gasteiger charge is 2.38. The Morgan fingerprint density at radius 1 is 0.850 bits per heavy atom. The summed E-state index contributed by atoms with van der Waals surface area (Å²) in [6.45, 7) is 9.86. The molecule has 0 unspecified atom stereocenters. The van der Waals surface area contributed by atoms with Crippen LogP contribution in [-0.2, 0) is 4.74 Å². The maximum absolute atomic E-state index is 4.94. The van der Waals surface area contributed by atoms with E-state index in [2.05, 4.69) is 31.0 Å². The van der Waals surface area contributed by atoms with Crippen molar-refractivity contribution in [1.82, 2.24) is 0 Å². The predicted octanol–water partition coefficient (Wildman–Crippen LogP) is 4.81. The number of hydrogen-bond acceptors (Lipinski definition) is 1. The van der Waals surface area contributed by atoms with Gasteiger partial charge >= 0.3 is 0 Å².